The minimum Gasteiger partial charge on any atom is -0.409 e. The van der Waals surface area contributed by atoms with Crippen LogP contribution >= 0.6 is 0 Å². The molecule has 0 aromatic rings. The zero-order valence-corrected chi connectivity index (χ0v) is 13.3. The van der Waals surface area contributed by atoms with Crippen molar-refractivity contribution in [2.75, 3.05) is 13.6 Å². The number of oxime groups is 1. The van der Waals surface area contributed by atoms with Gasteiger partial charge in [0.1, 0.15) is 5.84 Å². The molecule has 0 fully saturated rings. The van der Waals surface area contributed by atoms with Crippen molar-refractivity contribution >= 4 is 11.7 Å². The van der Waals surface area contributed by atoms with Crippen LogP contribution in [0.3, 0.4) is 0 Å². The van der Waals surface area contributed by atoms with Crippen molar-refractivity contribution in [2.45, 2.75) is 65.2 Å². The molecule has 1 unspecified atom stereocenters. The SMILES string of the molecule is CCCCCCCCCC(=O)N(C)CC(C)C(N)=NO. The Morgan fingerprint density at radius 2 is 1.75 bits per heavy atom. The van der Waals surface area contributed by atoms with Crippen molar-refractivity contribution in [1.29, 1.82) is 0 Å². The average Bonchev–Trinajstić information content (AvgIpc) is 2.44. The van der Waals surface area contributed by atoms with Crippen LogP contribution in [0.1, 0.15) is 65.2 Å². The van der Waals surface area contributed by atoms with E-state index >= 15 is 0 Å². The van der Waals surface area contributed by atoms with E-state index in [-0.39, 0.29) is 17.7 Å². The fourth-order valence-electron chi connectivity index (χ4n) is 2.13. The Kier molecular flexibility index (Phi) is 10.8. The lowest BCUT2D eigenvalue weighted by molar-refractivity contribution is -0.130. The first kappa shape index (κ1) is 18.7. The lowest BCUT2D eigenvalue weighted by Crippen LogP contribution is -2.36. The fraction of sp³-hybridized carbons (Fsp3) is 0.867. The molecule has 0 aromatic carbocycles. The Labute approximate surface area is 123 Å². The van der Waals surface area contributed by atoms with Gasteiger partial charge in [-0.3, -0.25) is 4.79 Å². The van der Waals surface area contributed by atoms with Gasteiger partial charge in [0, 0.05) is 25.9 Å². The maximum absolute atomic E-state index is 11.9. The van der Waals surface area contributed by atoms with Crippen LogP contribution in [0.15, 0.2) is 5.16 Å². The Morgan fingerprint density at radius 1 is 1.20 bits per heavy atom. The van der Waals surface area contributed by atoms with E-state index in [4.69, 9.17) is 10.9 Å². The first-order valence-electron chi connectivity index (χ1n) is 7.74. The Morgan fingerprint density at radius 3 is 2.30 bits per heavy atom. The second-order valence-electron chi connectivity index (χ2n) is 5.57. The first-order chi connectivity index (χ1) is 9.52. The molecule has 5 nitrogen and oxygen atoms in total. The van der Waals surface area contributed by atoms with E-state index in [1.54, 1.807) is 11.9 Å². The number of unbranched alkanes of at least 4 members (excludes halogenated alkanes) is 6. The standard InChI is InChI=1S/C15H31N3O2/c1-4-5-6-7-8-9-10-11-14(19)18(3)12-13(2)15(16)17-20/h13,20H,4-12H2,1-3H3,(H2,16,17). The summed E-state index contributed by atoms with van der Waals surface area (Å²) in [7, 11) is 1.77. The smallest absolute Gasteiger partial charge is 0.222 e. The first-order valence-corrected chi connectivity index (χ1v) is 7.74. The number of rotatable bonds is 11. The van der Waals surface area contributed by atoms with Crippen molar-refractivity contribution in [2.24, 2.45) is 16.8 Å². The van der Waals surface area contributed by atoms with Crippen molar-refractivity contribution < 1.29 is 10.0 Å². The molecule has 0 saturated heterocycles. The van der Waals surface area contributed by atoms with Gasteiger partial charge in [0.2, 0.25) is 5.91 Å². The highest BCUT2D eigenvalue weighted by atomic mass is 16.4. The van der Waals surface area contributed by atoms with Gasteiger partial charge in [0.15, 0.2) is 0 Å². The molecule has 0 rings (SSSR count). The number of amides is 1. The van der Waals surface area contributed by atoms with Gasteiger partial charge in [-0.25, -0.2) is 0 Å². The number of carbonyl (C=O) groups excluding carboxylic acids is 1. The number of carbonyl (C=O) groups is 1. The van der Waals surface area contributed by atoms with Gasteiger partial charge in [-0.2, -0.15) is 0 Å². The molecule has 0 saturated carbocycles. The molecular formula is C15H31N3O2. The summed E-state index contributed by atoms with van der Waals surface area (Å²) < 4.78 is 0. The number of hydrogen-bond acceptors (Lipinski definition) is 3. The molecule has 118 valence electrons. The molecule has 0 aromatic heterocycles. The van der Waals surface area contributed by atoms with Gasteiger partial charge < -0.3 is 15.8 Å². The molecule has 0 aliphatic carbocycles. The molecule has 0 heterocycles. The zero-order chi connectivity index (χ0) is 15.4. The average molecular weight is 285 g/mol. The van der Waals surface area contributed by atoms with Gasteiger partial charge in [0.25, 0.3) is 0 Å². The molecular weight excluding hydrogens is 254 g/mol. The van der Waals surface area contributed by atoms with Crippen LogP contribution in [0.25, 0.3) is 0 Å². The zero-order valence-electron chi connectivity index (χ0n) is 13.3. The molecule has 1 atom stereocenters. The monoisotopic (exact) mass is 285 g/mol. The summed E-state index contributed by atoms with van der Waals surface area (Å²) in [6.45, 7) is 4.54. The van der Waals surface area contributed by atoms with Crippen LogP contribution in [0.2, 0.25) is 0 Å². The van der Waals surface area contributed by atoms with Crippen molar-refractivity contribution in [3.05, 3.63) is 0 Å². The largest absolute Gasteiger partial charge is 0.409 e. The normalized spacial score (nSPS) is 13.2. The number of hydrogen-bond donors (Lipinski definition) is 2. The second-order valence-corrected chi connectivity index (χ2v) is 5.57. The van der Waals surface area contributed by atoms with E-state index in [2.05, 4.69) is 12.1 Å². The molecule has 5 heteroatoms. The highest BCUT2D eigenvalue weighted by Gasteiger charge is 2.14. The molecule has 0 aliphatic heterocycles. The summed E-state index contributed by atoms with van der Waals surface area (Å²) in [6.07, 6.45) is 9.05. The third-order valence-corrected chi connectivity index (χ3v) is 3.59. The Balaban J connectivity index is 3.70. The summed E-state index contributed by atoms with van der Waals surface area (Å²) in [4.78, 5) is 13.6. The Hall–Kier alpha value is -1.26. The molecule has 1 amide bonds. The molecule has 0 spiro atoms. The van der Waals surface area contributed by atoms with Crippen LogP contribution in [0.4, 0.5) is 0 Å². The highest BCUT2D eigenvalue weighted by Crippen LogP contribution is 2.09. The lowest BCUT2D eigenvalue weighted by Gasteiger charge is -2.20. The van der Waals surface area contributed by atoms with Gasteiger partial charge >= 0.3 is 0 Å². The van der Waals surface area contributed by atoms with Crippen LogP contribution < -0.4 is 5.73 Å². The third-order valence-electron chi connectivity index (χ3n) is 3.59. The molecule has 0 aliphatic rings. The number of nitrogens with zero attached hydrogens (tertiary/aromatic N) is 2. The topological polar surface area (TPSA) is 78.9 Å². The van der Waals surface area contributed by atoms with E-state index in [9.17, 15) is 4.79 Å². The van der Waals surface area contributed by atoms with Crippen LogP contribution in [-0.4, -0.2) is 35.4 Å². The maximum Gasteiger partial charge on any atom is 0.222 e. The Bertz CT molecular complexity index is 293. The summed E-state index contributed by atoms with van der Waals surface area (Å²) in [6, 6.07) is 0. The van der Waals surface area contributed by atoms with E-state index in [1.165, 1.54) is 32.1 Å². The van der Waals surface area contributed by atoms with Gasteiger partial charge in [-0.1, -0.05) is 57.5 Å². The summed E-state index contributed by atoms with van der Waals surface area (Å²) in [5, 5.41) is 11.5. The quantitative estimate of drug-likeness (QED) is 0.201. The molecule has 0 radical (unpaired) electrons. The molecule has 0 bridgehead atoms. The highest BCUT2D eigenvalue weighted by molar-refractivity contribution is 5.83. The minimum atomic E-state index is -0.122. The third kappa shape index (κ3) is 8.77. The predicted molar refractivity (Wildman–Crippen MR) is 82.8 cm³/mol. The van der Waals surface area contributed by atoms with Crippen LogP contribution in [0.5, 0.6) is 0 Å². The van der Waals surface area contributed by atoms with Crippen molar-refractivity contribution in [1.82, 2.24) is 4.90 Å². The summed E-state index contributed by atoms with van der Waals surface area (Å²) in [5.74, 6) is 0.180. The van der Waals surface area contributed by atoms with E-state index in [0.29, 0.717) is 13.0 Å². The second kappa shape index (κ2) is 11.6. The fourth-order valence-corrected chi connectivity index (χ4v) is 2.13. The van der Waals surface area contributed by atoms with Gasteiger partial charge in [-0.15, -0.1) is 0 Å². The molecule has 3 N–H and O–H groups in total. The van der Waals surface area contributed by atoms with E-state index < -0.39 is 0 Å². The number of amidine groups is 1. The van der Waals surface area contributed by atoms with Crippen molar-refractivity contribution in [3.63, 3.8) is 0 Å². The predicted octanol–water partition coefficient (Wildman–Crippen LogP) is 2.97. The van der Waals surface area contributed by atoms with E-state index in [0.717, 1.165) is 12.8 Å². The number of nitrogens with two attached hydrogens (primary N) is 1. The van der Waals surface area contributed by atoms with Crippen molar-refractivity contribution in [3.8, 4) is 0 Å². The van der Waals surface area contributed by atoms with Gasteiger partial charge in [-0.05, 0) is 6.42 Å². The minimum absolute atomic E-state index is 0.122. The van der Waals surface area contributed by atoms with Gasteiger partial charge in [0.05, 0.1) is 0 Å². The maximum atomic E-state index is 11.9. The molecule has 20 heavy (non-hydrogen) atoms. The summed E-state index contributed by atoms with van der Waals surface area (Å²) in [5.41, 5.74) is 5.51. The summed E-state index contributed by atoms with van der Waals surface area (Å²) >= 11 is 0. The lowest BCUT2D eigenvalue weighted by atomic mass is 10.1. The van der Waals surface area contributed by atoms with E-state index in [1.807, 2.05) is 6.92 Å². The van der Waals surface area contributed by atoms with Crippen LogP contribution in [-0.2, 0) is 4.79 Å². The van der Waals surface area contributed by atoms with Crippen LogP contribution in [0, 0.1) is 5.92 Å².